The first-order valence-corrected chi connectivity index (χ1v) is 7.42. The first-order valence-electron chi connectivity index (χ1n) is 7.42. The van der Waals surface area contributed by atoms with Crippen molar-refractivity contribution in [3.8, 4) is 5.75 Å². The summed E-state index contributed by atoms with van der Waals surface area (Å²) in [5.41, 5.74) is 2.94. The molecule has 1 fully saturated rings. The summed E-state index contributed by atoms with van der Waals surface area (Å²) < 4.78 is 5.26. The Labute approximate surface area is 123 Å². The number of benzene rings is 1. The van der Waals surface area contributed by atoms with Gasteiger partial charge in [0.25, 0.3) is 0 Å². The molecule has 1 nitrogen and oxygen atoms in total. The van der Waals surface area contributed by atoms with Gasteiger partial charge in [-0.05, 0) is 61.1 Å². The van der Waals surface area contributed by atoms with Crippen molar-refractivity contribution < 1.29 is 4.74 Å². The van der Waals surface area contributed by atoms with E-state index in [-0.39, 0.29) is 5.41 Å². The van der Waals surface area contributed by atoms with Crippen molar-refractivity contribution in [2.75, 3.05) is 7.11 Å². The van der Waals surface area contributed by atoms with E-state index in [4.69, 9.17) is 4.74 Å². The summed E-state index contributed by atoms with van der Waals surface area (Å²) in [4.78, 5) is 0. The van der Waals surface area contributed by atoms with Gasteiger partial charge >= 0.3 is 0 Å². The van der Waals surface area contributed by atoms with E-state index in [2.05, 4.69) is 57.3 Å². The molecule has 1 aliphatic carbocycles. The van der Waals surface area contributed by atoms with Gasteiger partial charge in [0.2, 0.25) is 0 Å². The lowest BCUT2D eigenvalue weighted by atomic mass is 9.63. The molecule has 1 aromatic rings. The van der Waals surface area contributed by atoms with E-state index in [9.17, 15) is 0 Å². The molecule has 108 valence electrons. The summed E-state index contributed by atoms with van der Waals surface area (Å²) >= 11 is 0. The number of hydrogen-bond acceptors (Lipinski definition) is 1. The summed E-state index contributed by atoms with van der Waals surface area (Å²) in [6.45, 7) is 12.7. The molecule has 0 aromatic heterocycles. The Morgan fingerprint density at radius 1 is 1.35 bits per heavy atom. The number of hydrogen-bond donors (Lipinski definition) is 0. The van der Waals surface area contributed by atoms with Gasteiger partial charge in [-0.2, -0.15) is 0 Å². The van der Waals surface area contributed by atoms with Crippen molar-refractivity contribution in [2.45, 2.75) is 39.0 Å². The molecule has 0 saturated heterocycles. The fraction of sp³-hybridized carbons (Fsp3) is 0.474. The highest BCUT2D eigenvalue weighted by Crippen LogP contribution is 2.49. The van der Waals surface area contributed by atoms with Crippen molar-refractivity contribution >= 4 is 0 Å². The van der Waals surface area contributed by atoms with Crippen LogP contribution in [-0.2, 0) is 0 Å². The second kappa shape index (κ2) is 5.87. The van der Waals surface area contributed by atoms with Crippen LogP contribution in [-0.4, -0.2) is 7.11 Å². The Morgan fingerprint density at radius 3 is 2.50 bits per heavy atom. The molecule has 1 aromatic carbocycles. The average Bonchev–Trinajstić information content (AvgIpc) is 2.47. The maximum atomic E-state index is 5.26. The topological polar surface area (TPSA) is 9.23 Å². The van der Waals surface area contributed by atoms with Crippen LogP contribution < -0.4 is 4.74 Å². The third-order valence-corrected chi connectivity index (χ3v) is 4.87. The number of methoxy groups -OCH3 is 1. The molecule has 1 heteroatoms. The summed E-state index contributed by atoms with van der Waals surface area (Å²) in [5.74, 6) is 2.04. The second-order valence-corrected chi connectivity index (χ2v) is 6.43. The van der Waals surface area contributed by atoms with Crippen LogP contribution in [0.2, 0.25) is 0 Å². The normalized spacial score (nSPS) is 29.8. The van der Waals surface area contributed by atoms with E-state index in [0.29, 0.717) is 11.8 Å². The molecule has 1 aliphatic rings. The Morgan fingerprint density at radius 2 is 2.00 bits per heavy atom. The minimum atomic E-state index is 0.247. The van der Waals surface area contributed by atoms with E-state index in [1.54, 1.807) is 7.11 Å². The zero-order valence-electron chi connectivity index (χ0n) is 13.0. The molecule has 0 N–H and O–H groups in total. The summed E-state index contributed by atoms with van der Waals surface area (Å²) in [6, 6.07) is 8.53. The zero-order chi connectivity index (χ0) is 14.8. The predicted molar refractivity (Wildman–Crippen MR) is 86.2 cm³/mol. The smallest absolute Gasteiger partial charge is 0.118 e. The highest BCUT2D eigenvalue weighted by Gasteiger charge is 2.36. The number of rotatable bonds is 4. The summed E-state index contributed by atoms with van der Waals surface area (Å²) in [7, 11) is 1.71. The number of ether oxygens (including phenoxy) is 1. The molecule has 0 unspecified atom stereocenters. The van der Waals surface area contributed by atoms with Crippen LogP contribution in [0.5, 0.6) is 5.75 Å². The highest BCUT2D eigenvalue weighted by atomic mass is 16.5. The van der Waals surface area contributed by atoms with Crippen LogP contribution >= 0.6 is 0 Å². The van der Waals surface area contributed by atoms with Crippen LogP contribution in [0.3, 0.4) is 0 Å². The summed E-state index contributed by atoms with van der Waals surface area (Å²) in [6.07, 6.45) is 5.70. The first kappa shape index (κ1) is 14.9. The minimum absolute atomic E-state index is 0.247. The molecular formula is C19H26O. The van der Waals surface area contributed by atoms with Gasteiger partial charge < -0.3 is 4.74 Å². The third kappa shape index (κ3) is 2.98. The van der Waals surface area contributed by atoms with E-state index >= 15 is 0 Å². The van der Waals surface area contributed by atoms with E-state index < -0.39 is 0 Å². The van der Waals surface area contributed by atoms with Crippen molar-refractivity contribution in [1.82, 2.24) is 0 Å². The molecule has 2 rings (SSSR count). The van der Waals surface area contributed by atoms with Crippen molar-refractivity contribution in [1.29, 1.82) is 0 Å². The van der Waals surface area contributed by atoms with Crippen molar-refractivity contribution in [3.63, 3.8) is 0 Å². The third-order valence-electron chi connectivity index (χ3n) is 4.87. The lowest BCUT2D eigenvalue weighted by molar-refractivity contribution is 0.210. The van der Waals surface area contributed by atoms with E-state index in [0.717, 1.165) is 12.2 Å². The minimum Gasteiger partial charge on any atom is -0.497 e. The van der Waals surface area contributed by atoms with Gasteiger partial charge in [-0.3, -0.25) is 0 Å². The van der Waals surface area contributed by atoms with Crippen molar-refractivity contribution in [3.05, 3.63) is 54.6 Å². The maximum absolute atomic E-state index is 5.26. The van der Waals surface area contributed by atoms with Crippen LogP contribution in [0.15, 0.2) is 49.1 Å². The van der Waals surface area contributed by atoms with Crippen LogP contribution in [0, 0.1) is 11.3 Å². The quantitative estimate of drug-likeness (QED) is 0.670. The lowest BCUT2D eigenvalue weighted by Gasteiger charge is -2.42. The fourth-order valence-corrected chi connectivity index (χ4v) is 3.41. The molecule has 20 heavy (non-hydrogen) atoms. The monoisotopic (exact) mass is 270 g/mol. The Kier molecular flexibility index (Phi) is 4.37. The van der Waals surface area contributed by atoms with Gasteiger partial charge in [0.1, 0.15) is 5.75 Å². The lowest BCUT2D eigenvalue weighted by Crippen LogP contribution is -2.29. The molecule has 3 atom stereocenters. The molecule has 0 spiro atoms. The van der Waals surface area contributed by atoms with Gasteiger partial charge in [0.05, 0.1) is 7.11 Å². The van der Waals surface area contributed by atoms with Gasteiger partial charge in [-0.25, -0.2) is 0 Å². The van der Waals surface area contributed by atoms with Crippen LogP contribution in [0.1, 0.15) is 44.6 Å². The largest absolute Gasteiger partial charge is 0.497 e. The molecular weight excluding hydrogens is 244 g/mol. The predicted octanol–water partition coefficient (Wildman–Crippen LogP) is 5.35. The Balaban J connectivity index is 2.30. The molecule has 0 bridgehead atoms. The van der Waals surface area contributed by atoms with Crippen LogP contribution in [0.25, 0.3) is 0 Å². The van der Waals surface area contributed by atoms with Gasteiger partial charge in [0.15, 0.2) is 0 Å². The van der Waals surface area contributed by atoms with Gasteiger partial charge in [-0.1, -0.05) is 37.3 Å². The molecule has 0 radical (unpaired) electrons. The molecule has 1 saturated carbocycles. The van der Waals surface area contributed by atoms with Crippen LogP contribution in [0.4, 0.5) is 0 Å². The standard InChI is InChI=1S/C19H26O/c1-6-19(4)12-11-17(14(2)3)18(13-19)15-7-9-16(20-5)10-8-15/h6-10,17-18H,1-2,11-13H2,3-5H3/t17-,18-,19-/m1/s1. The molecule has 0 amide bonds. The molecule has 0 aliphatic heterocycles. The molecule has 0 heterocycles. The van der Waals surface area contributed by atoms with Gasteiger partial charge in [-0.15, -0.1) is 6.58 Å². The first-order chi connectivity index (χ1) is 9.49. The maximum Gasteiger partial charge on any atom is 0.118 e. The second-order valence-electron chi connectivity index (χ2n) is 6.43. The summed E-state index contributed by atoms with van der Waals surface area (Å²) in [5, 5.41) is 0. The van der Waals surface area contributed by atoms with E-state index in [1.165, 1.54) is 24.0 Å². The average molecular weight is 270 g/mol. The van der Waals surface area contributed by atoms with Crippen molar-refractivity contribution in [2.24, 2.45) is 11.3 Å². The Hall–Kier alpha value is -1.50. The van der Waals surface area contributed by atoms with Gasteiger partial charge in [0, 0.05) is 0 Å². The fourth-order valence-electron chi connectivity index (χ4n) is 3.41. The highest BCUT2D eigenvalue weighted by molar-refractivity contribution is 5.32. The Bertz CT molecular complexity index is 485. The van der Waals surface area contributed by atoms with E-state index in [1.807, 2.05) is 0 Å². The SMILES string of the molecule is C=C[C@]1(C)CC[C@H](C(=C)C)[C@@H](c2ccc(OC)cc2)C1. The number of allylic oxidation sites excluding steroid dienone is 2. The zero-order valence-corrected chi connectivity index (χ0v) is 13.0.